The van der Waals surface area contributed by atoms with Crippen LogP contribution < -0.4 is 10.6 Å². The van der Waals surface area contributed by atoms with Gasteiger partial charge in [0.15, 0.2) is 5.96 Å². The first-order chi connectivity index (χ1) is 14.3. The molecule has 4 aromatic rings. The van der Waals surface area contributed by atoms with E-state index in [2.05, 4.69) is 80.4 Å². The molecule has 156 valence electrons. The van der Waals surface area contributed by atoms with E-state index < -0.39 is 0 Å². The lowest BCUT2D eigenvalue weighted by Gasteiger charge is -2.14. The van der Waals surface area contributed by atoms with Crippen LogP contribution in [0.3, 0.4) is 0 Å². The zero-order valence-corrected chi connectivity index (χ0v) is 19.3. The largest absolute Gasteiger partial charge is 0.361 e. The van der Waals surface area contributed by atoms with Crippen molar-refractivity contribution in [3.63, 3.8) is 0 Å². The lowest BCUT2D eigenvalue weighted by atomic mass is 10.1. The fourth-order valence-corrected chi connectivity index (χ4v) is 3.51. The third-order valence-corrected chi connectivity index (χ3v) is 5.04. The lowest BCUT2D eigenvalue weighted by molar-refractivity contribution is 0.677. The minimum Gasteiger partial charge on any atom is -0.361 e. The Morgan fingerprint density at radius 2 is 1.80 bits per heavy atom. The van der Waals surface area contributed by atoms with Crippen molar-refractivity contribution in [1.82, 2.24) is 25.4 Å². The number of H-pyrrole nitrogens is 1. The molecule has 30 heavy (non-hydrogen) atoms. The van der Waals surface area contributed by atoms with Crippen molar-refractivity contribution in [1.29, 1.82) is 0 Å². The maximum atomic E-state index is 4.36. The standard InChI is InChI=1S/C23H26N6.HI/c1-24-23(25-13-11-19-16-26-22-10-5-4-9-21(19)22)27-15-18-7-2-3-8-20(18)17-29-14-6-12-28-29;/h2-10,12,14,16,26H,11,13,15,17H2,1H3,(H2,24,25,27);1H. The number of fused-ring (bicyclic) bond motifs is 1. The number of para-hydroxylation sites is 1. The zero-order chi connectivity index (χ0) is 19.9. The second kappa shape index (κ2) is 10.8. The van der Waals surface area contributed by atoms with Gasteiger partial charge in [-0.15, -0.1) is 24.0 Å². The number of rotatable bonds is 7. The number of hydrogen-bond acceptors (Lipinski definition) is 2. The molecule has 0 aliphatic heterocycles. The average molecular weight is 514 g/mol. The van der Waals surface area contributed by atoms with E-state index in [0.29, 0.717) is 6.54 Å². The van der Waals surface area contributed by atoms with Gasteiger partial charge in [0.05, 0.1) is 6.54 Å². The van der Waals surface area contributed by atoms with Crippen molar-refractivity contribution in [2.24, 2.45) is 4.99 Å². The summed E-state index contributed by atoms with van der Waals surface area (Å²) in [4.78, 5) is 7.69. The fraction of sp³-hybridized carbons (Fsp3) is 0.217. The van der Waals surface area contributed by atoms with Crippen LogP contribution in [0.1, 0.15) is 16.7 Å². The smallest absolute Gasteiger partial charge is 0.191 e. The van der Waals surface area contributed by atoms with Gasteiger partial charge in [-0.1, -0.05) is 42.5 Å². The molecule has 0 radical (unpaired) electrons. The first-order valence-electron chi connectivity index (χ1n) is 9.87. The molecule has 7 heteroatoms. The summed E-state index contributed by atoms with van der Waals surface area (Å²) < 4.78 is 1.94. The molecule has 2 aromatic heterocycles. The predicted octanol–water partition coefficient (Wildman–Crippen LogP) is 3.94. The summed E-state index contributed by atoms with van der Waals surface area (Å²) in [6, 6.07) is 18.8. The van der Waals surface area contributed by atoms with E-state index in [4.69, 9.17) is 0 Å². The maximum Gasteiger partial charge on any atom is 0.191 e. The van der Waals surface area contributed by atoms with Gasteiger partial charge in [0.1, 0.15) is 0 Å². The van der Waals surface area contributed by atoms with Crippen LogP contribution in [0.25, 0.3) is 10.9 Å². The number of aromatic amines is 1. The summed E-state index contributed by atoms with van der Waals surface area (Å²) in [6.07, 6.45) is 6.81. The van der Waals surface area contributed by atoms with E-state index in [1.54, 1.807) is 13.2 Å². The van der Waals surface area contributed by atoms with Crippen LogP contribution in [0.5, 0.6) is 0 Å². The van der Waals surface area contributed by atoms with Gasteiger partial charge in [0, 0.05) is 49.6 Å². The van der Waals surface area contributed by atoms with Crippen LogP contribution in [-0.2, 0) is 19.5 Å². The summed E-state index contributed by atoms with van der Waals surface area (Å²) in [5, 5.41) is 12.4. The van der Waals surface area contributed by atoms with Crippen LogP contribution >= 0.6 is 24.0 Å². The summed E-state index contributed by atoms with van der Waals surface area (Å²) in [6.45, 7) is 2.29. The van der Waals surface area contributed by atoms with Gasteiger partial charge in [-0.3, -0.25) is 9.67 Å². The van der Waals surface area contributed by atoms with Crippen molar-refractivity contribution in [2.45, 2.75) is 19.5 Å². The first kappa shape index (κ1) is 21.9. The number of aromatic nitrogens is 3. The first-order valence-corrected chi connectivity index (χ1v) is 9.87. The summed E-state index contributed by atoms with van der Waals surface area (Å²) in [7, 11) is 1.80. The van der Waals surface area contributed by atoms with Crippen molar-refractivity contribution >= 4 is 40.8 Å². The van der Waals surface area contributed by atoms with Crippen LogP contribution in [0.4, 0.5) is 0 Å². The lowest BCUT2D eigenvalue weighted by Crippen LogP contribution is -2.38. The maximum absolute atomic E-state index is 4.36. The van der Waals surface area contributed by atoms with Crippen molar-refractivity contribution < 1.29 is 0 Å². The van der Waals surface area contributed by atoms with Crippen LogP contribution in [0, 0.1) is 0 Å². The van der Waals surface area contributed by atoms with Gasteiger partial charge in [0.2, 0.25) is 0 Å². The highest BCUT2D eigenvalue weighted by atomic mass is 127. The average Bonchev–Trinajstić information content (AvgIpc) is 3.41. The molecule has 4 rings (SSSR count). The fourth-order valence-electron chi connectivity index (χ4n) is 3.51. The molecule has 6 nitrogen and oxygen atoms in total. The summed E-state index contributed by atoms with van der Waals surface area (Å²) >= 11 is 0. The summed E-state index contributed by atoms with van der Waals surface area (Å²) in [5.74, 6) is 0.804. The Hall–Kier alpha value is -2.81. The quantitative estimate of drug-likeness (QED) is 0.199. The highest BCUT2D eigenvalue weighted by Crippen LogP contribution is 2.17. The number of hydrogen-bond donors (Lipinski definition) is 3. The Morgan fingerprint density at radius 1 is 1.00 bits per heavy atom. The molecule has 0 spiro atoms. The van der Waals surface area contributed by atoms with E-state index in [9.17, 15) is 0 Å². The Morgan fingerprint density at radius 3 is 2.60 bits per heavy atom. The number of nitrogens with one attached hydrogen (secondary N) is 3. The zero-order valence-electron chi connectivity index (χ0n) is 17.0. The molecule has 0 amide bonds. The molecule has 0 fully saturated rings. The number of guanidine groups is 1. The van der Waals surface area contributed by atoms with Crippen molar-refractivity contribution in [3.05, 3.63) is 89.9 Å². The number of halogens is 1. The third-order valence-electron chi connectivity index (χ3n) is 5.04. The van der Waals surface area contributed by atoms with Crippen LogP contribution in [-0.4, -0.2) is 34.3 Å². The highest BCUT2D eigenvalue weighted by molar-refractivity contribution is 14.0. The topological polar surface area (TPSA) is 70.0 Å². The second-order valence-electron chi connectivity index (χ2n) is 6.93. The van der Waals surface area contributed by atoms with Crippen LogP contribution in [0.2, 0.25) is 0 Å². The van der Waals surface area contributed by atoms with Crippen LogP contribution in [0.15, 0.2) is 78.2 Å². The van der Waals surface area contributed by atoms with E-state index >= 15 is 0 Å². The van der Waals surface area contributed by atoms with E-state index in [-0.39, 0.29) is 24.0 Å². The molecule has 0 unspecified atom stereocenters. The Labute approximate surface area is 193 Å². The van der Waals surface area contributed by atoms with Gasteiger partial charge in [-0.25, -0.2) is 0 Å². The van der Waals surface area contributed by atoms with Gasteiger partial charge < -0.3 is 15.6 Å². The van der Waals surface area contributed by atoms with E-state index in [1.165, 1.54) is 27.6 Å². The minimum absolute atomic E-state index is 0. The number of aliphatic imine (C=N–C) groups is 1. The molecule has 0 bridgehead atoms. The molecule has 0 aliphatic rings. The molecule has 0 atom stereocenters. The Bertz CT molecular complexity index is 1080. The van der Waals surface area contributed by atoms with Gasteiger partial charge in [-0.2, -0.15) is 5.10 Å². The normalized spacial score (nSPS) is 11.3. The molecular weight excluding hydrogens is 487 g/mol. The van der Waals surface area contributed by atoms with Gasteiger partial charge in [-0.05, 0) is 35.2 Å². The molecule has 2 aromatic carbocycles. The Balaban J connectivity index is 0.00000256. The predicted molar refractivity (Wildman–Crippen MR) is 133 cm³/mol. The molecule has 0 aliphatic carbocycles. The van der Waals surface area contributed by atoms with E-state index in [0.717, 1.165) is 25.5 Å². The monoisotopic (exact) mass is 514 g/mol. The number of benzene rings is 2. The minimum atomic E-state index is 0. The molecule has 2 heterocycles. The van der Waals surface area contributed by atoms with Gasteiger partial charge in [0.25, 0.3) is 0 Å². The SMILES string of the molecule is CN=C(NCCc1c[nH]c2ccccc12)NCc1ccccc1Cn1cccn1.I. The molecule has 0 saturated carbocycles. The molecule has 3 N–H and O–H groups in total. The summed E-state index contributed by atoms with van der Waals surface area (Å²) in [5.41, 5.74) is 4.98. The third kappa shape index (κ3) is 5.41. The van der Waals surface area contributed by atoms with Crippen molar-refractivity contribution in [2.75, 3.05) is 13.6 Å². The Kier molecular flexibility index (Phi) is 7.89. The van der Waals surface area contributed by atoms with E-state index in [1.807, 2.05) is 16.9 Å². The molecular formula is C23H27IN6. The number of nitrogens with zero attached hydrogens (tertiary/aromatic N) is 3. The highest BCUT2D eigenvalue weighted by Gasteiger charge is 2.06. The molecule has 0 saturated heterocycles. The van der Waals surface area contributed by atoms with Crippen molar-refractivity contribution in [3.8, 4) is 0 Å². The second-order valence-corrected chi connectivity index (χ2v) is 6.93. The van der Waals surface area contributed by atoms with Gasteiger partial charge >= 0.3 is 0 Å².